The summed E-state index contributed by atoms with van der Waals surface area (Å²) in [5.41, 5.74) is 0.924. The van der Waals surface area contributed by atoms with Crippen molar-refractivity contribution in [3.05, 3.63) is 12.2 Å². The van der Waals surface area contributed by atoms with Gasteiger partial charge < -0.3 is 10.6 Å². The van der Waals surface area contributed by atoms with Crippen molar-refractivity contribution in [1.29, 1.82) is 0 Å². The normalized spacial score (nSPS) is 15.6. The maximum Gasteiger partial charge on any atom is 0.223 e. The maximum absolute atomic E-state index is 11.6. The van der Waals surface area contributed by atoms with Crippen molar-refractivity contribution < 1.29 is 9.59 Å². The van der Waals surface area contributed by atoms with Crippen LogP contribution >= 0.6 is 0 Å². The van der Waals surface area contributed by atoms with E-state index in [1.807, 2.05) is 6.92 Å². The SMILES string of the molecule is C=C(C)CNC(=O)CCNC(=O)C1CCCC1. The summed E-state index contributed by atoms with van der Waals surface area (Å²) in [7, 11) is 0. The molecule has 2 amide bonds. The van der Waals surface area contributed by atoms with Gasteiger partial charge in [-0.2, -0.15) is 0 Å². The number of hydrogen-bond acceptors (Lipinski definition) is 2. The summed E-state index contributed by atoms with van der Waals surface area (Å²) in [5, 5.41) is 5.56. The van der Waals surface area contributed by atoms with E-state index in [0.29, 0.717) is 19.5 Å². The van der Waals surface area contributed by atoms with Crippen LogP contribution in [-0.4, -0.2) is 24.9 Å². The van der Waals surface area contributed by atoms with Crippen LogP contribution in [-0.2, 0) is 9.59 Å². The van der Waals surface area contributed by atoms with Gasteiger partial charge in [0.25, 0.3) is 0 Å². The molecule has 1 fully saturated rings. The number of hydrogen-bond donors (Lipinski definition) is 2. The molecule has 1 aliphatic rings. The van der Waals surface area contributed by atoms with E-state index in [9.17, 15) is 9.59 Å². The Bertz CT molecular complexity index is 294. The van der Waals surface area contributed by atoms with Gasteiger partial charge in [0.2, 0.25) is 11.8 Å². The van der Waals surface area contributed by atoms with Gasteiger partial charge in [0, 0.05) is 25.4 Å². The lowest BCUT2D eigenvalue weighted by Crippen LogP contribution is -2.34. The van der Waals surface area contributed by atoms with Crippen LogP contribution in [0.25, 0.3) is 0 Å². The quantitative estimate of drug-likeness (QED) is 0.687. The summed E-state index contributed by atoms with van der Waals surface area (Å²) < 4.78 is 0. The minimum absolute atomic E-state index is 0.0419. The van der Waals surface area contributed by atoms with Crippen molar-refractivity contribution in [1.82, 2.24) is 10.6 Å². The zero-order chi connectivity index (χ0) is 12.7. The molecule has 0 unspecified atom stereocenters. The Labute approximate surface area is 103 Å². The number of nitrogens with one attached hydrogen (secondary N) is 2. The molecule has 17 heavy (non-hydrogen) atoms. The van der Waals surface area contributed by atoms with Gasteiger partial charge >= 0.3 is 0 Å². The van der Waals surface area contributed by atoms with Crippen LogP contribution in [0.2, 0.25) is 0 Å². The first-order valence-electron chi connectivity index (χ1n) is 6.28. The molecule has 1 rings (SSSR count). The van der Waals surface area contributed by atoms with Crippen LogP contribution in [0.15, 0.2) is 12.2 Å². The van der Waals surface area contributed by atoms with E-state index in [4.69, 9.17) is 0 Å². The van der Waals surface area contributed by atoms with Gasteiger partial charge in [0.05, 0.1) is 0 Å². The van der Waals surface area contributed by atoms with Crippen LogP contribution in [0.4, 0.5) is 0 Å². The molecular weight excluding hydrogens is 216 g/mol. The van der Waals surface area contributed by atoms with Crippen molar-refractivity contribution in [2.45, 2.75) is 39.0 Å². The molecule has 0 saturated heterocycles. The molecule has 0 bridgehead atoms. The highest BCUT2D eigenvalue weighted by atomic mass is 16.2. The van der Waals surface area contributed by atoms with Crippen LogP contribution in [0.3, 0.4) is 0 Å². The summed E-state index contributed by atoms with van der Waals surface area (Å²) in [5.74, 6) is 0.239. The maximum atomic E-state index is 11.6. The van der Waals surface area contributed by atoms with Crippen molar-refractivity contribution in [3.63, 3.8) is 0 Å². The summed E-state index contributed by atoms with van der Waals surface area (Å²) in [6.45, 7) is 6.50. The van der Waals surface area contributed by atoms with Gasteiger partial charge in [-0.05, 0) is 19.8 Å². The Kier molecular flexibility index (Phi) is 5.73. The monoisotopic (exact) mass is 238 g/mol. The van der Waals surface area contributed by atoms with Gasteiger partial charge in [-0.25, -0.2) is 0 Å². The Hall–Kier alpha value is -1.32. The number of rotatable bonds is 6. The van der Waals surface area contributed by atoms with E-state index in [1.165, 1.54) is 0 Å². The molecule has 96 valence electrons. The summed E-state index contributed by atoms with van der Waals surface area (Å²) in [6.07, 6.45) is 4.63. The van der Waals surface area contributed by atoms with E-state index < -0.39 is 0 Å². The fraction of sp³-hybridized carbons (Fsp3) is 0.692. The summed E-state index contributed by atoms with van der Waals surface area (Å²) >= 11 is 0. The molecule has 0 radical (unpaired) electrons. The van der Waals surface area contributed by atoms with Crippen LogP contribution in [0.5, 0.6) is 0 Å². The van der Waals surface area contributed by atoms with Gasteiger partial charge in [-0.15, -0.1) is 0 Å². The van der Waals surface area contributed by atoms with Crippen LogP contribution in [0.1, 0.15) is 39.0 Å². The third kappa shape index (κ3) is 5.52. The fourth-order valence-corrected chi connectivity index (χ4v) is 1.97. The van der Waals surface area contributed by atoms with Crippen molar-refractivity contribution in [3.8, 4) is 0 Å². The number of amides is 2. The highest BCUT2D eigenvalue weighted by Crippen LogP contribution is 2.24. The number of carbonyl (C=O) groups excluding carboxylic acids is 2. The van der Waals surface area contributed by atoms with Crippen LogP contribution in [0, 0.1) is 5.92 Å². The molecule has 1 aliphatic carbocycles. The third-order valence-corrected chi connectivity index (χ3v) is 2.96. The second-order valence-electron chi connectivity index (χ2n) is 4.76. The Morgan fingerprint density at radius 3 is 2.47 bits per heavy atom. The first-order valence-corrected chi connectivity index (χ1v) is 6.28. The van der Waals surface area contributed by atoms with Crippen molar-refractivity contribution >= 4 is 11.8 Å². The zero-order valence-corrected chi connectivity index (χ0v) is 10.6. The standard InChI is InChI=1S/C13H22N2O2/c1-10(2)9-15-12(16)7-8-14-13(17)11-5-3-4-6-11/h11H,1,3-9H2,2H3,(H,14,17)(H,15,16). The molecule has 0 aromatic heterocycles. The van der Waals surface area contributed by atoms with Crippen molar-refractivity contribution in [2.24, 2.45) is 5.92 Å². The predicted molar refractivity (Wildman–Crippen MR) is 67.4 cm³/mol. The van der Waals surface area contributed by atoms with E-state index in [1.54, 1.807) is 0 Å². The smallest absolute Gasteiger partial charge is 0.223 e. The fourth-order valence-electron chi connectivity index (χ4n) is 1.97. The van der Waals surface area contributed by atoms with Crippen LogP contribution < -0.4 is 10.6 Å². The average Bonchev–Trinajstić information content (AvgIpc) is 2.79. The van der Waals surface area contributed by atoms with E-state index in [-0.39, 0.29) is 17.7 Å². The van der Waals surface area contributed by atoms with E-state index >= 15 is 0 Å². The van der Waals surface area contributed by atoms with Gasteiger partial charge in [0.15, 0.2) is 0 Å². The molecule has 0 spiro atoms. The van der Waals surface area contributed by atoms with Crippen molar-refractivity contribution in [2.75, 3.05) is 13.1 Å². The molecule has 0 heterocycles. The predicted octanol–water partition coefficient (Wildman–Crippen LogP) is 1.38. The number of carbonyl (C=O) groups is 2. The largest absolute Gasteiger partial charge is 0.355 e. The van der Waals surface area contributed by atoms with E-state index in [2.05, 4.69) is 17.2 Å². The molecular formula is C13H22N2O2. The molecule has 2 N–H and O–H groups in total. The van der Waals surface area contributed by atoms with E-state index in [0.717, 1.165) is 31.3 Å². The Morgan fingerprint density at radius 2 is 1.88 bits per heavy atom. The first-order chi connectivity index (χ1) is 8.09. The summed E-state index contributed by atoms with van der Waals surface area (Å²) in [6, 6.07) is 0. The lowest BCUT2D eigenvalue weighted by atomic mass is 10.1. The minimum Gasteiger partial charge on any atom is -0.355 e. The topological polar surface area (TPSA) is 58.2 Å². The van der Waals surface area contributed by atoms with Gasteiger partial charge in [-0.3, -0.25) is 9.59 Å². The highest BCUT2D eigenvalue weighted by molar-refractivity contribution is 5.80. The third-order valence-electron chi connectivity index (χ3n) is 2.96. The molecule has 0 aromatic carbocycles. The molecule has 4 nitrogen and oxygen atoms in total. The second kappa shape index (κ2) is 7.09. The first kappa shape index (κ1) is 13.7. The Morgan fingerprint density at radius 1 is 1.24 bits per heavy atom. The summed E-state index contributed by atoms with van der Waals surface area (Å²) in [4.78, 5) is 23.0. The Balaban J connectivity index is 2.08. The minimum atomic E-state index is -0.0419. The average molecular weight is 238 g/mol. The van der Waals surface area contributed by atoms with Gasteiger partial charge in [0.1, 0.15) is 0 Å². The van der Waals surface area contributed by atoms with Gasteiger partial charge in [-0.1, -0.05) is 25.0 Å². The molecule has 4 heteroatoms. The zero-order valence-electron chi connectivity index (χ0n) is 10.6. The lowest BCUT2D eigenvalue weighted by molar-refractivity contribution is -0.125. The molecule has 0 atom stereocenters. The molecule has 1 saturated carbocycles. The molecule has 0 aliphatic heterocycles. The second-order valence-corrected chi connectivity index (χ2v) is 4.76. The highest BCUT2D eigenvalue weighted by Gasteiger charge is 2.22. The molecule has 0 aromatic rings. The lowest BCUT2D eigenvalue weighted by Gasteiger charge is -2.10.